The summed E-state index contributed by atoms with van der Waals surface area (Å²) in [6, 6.07) is 16.1. The summed E-state index contributed by atoms with van der Waals surface area (Å²) in [5.41, 5.74) is 3.66. The Labute approximate surface area is 149 Å². The van der Waals surface area contributed by atoms with Crippen LogP contribution in [0.1, 0.15) is 31.9 Å². The summed E-state index contributed by atoms with van der Waals surface area (Å²) in [7, 11) is 0. The molecular formula is C21H26N2O2. The summed E-state index contributed by atoms with van der Waals surface area (Å²) in [6.07, 6.45) is 0.917. The third kappa shape index (κ3) is 4.13. The molecule has 0 bridgehead atoms. The van der Waals surface area contributed by atoms with E-state index in [0.29, 0.717) is 13.2 Å². The number of hydrogen-bond acceptors (Lipinski definition) is 2. The van der Waals surface area contributed by atoms with Crippen molar-refractivity contribution >= 4 is 11.7 Å². The van der Waals surface area contributed by atoms with Crippen molar-refractivity contribution in [3.63, 3.8) is 0 Å². The molecule has 4 nitrogen and oxygen atoms in total. The SMILES string of the molecule is CC(C)(C)c1ccc(OCCNC(=O)N2CCc3ccccc32)cc1. The van der Waals surface area contributed by atoms with Gasteiger partial charge in [0.25, 0.3) is 0 Å². The topological polar surface area (TPSA) is 41.6 Å². The number of rotatable bonds is 4. The molecule has 2 aromatic rings. The van der Waals surface area contributed by atoms with Gasteiger partial charge in [0.2, 0.25) is 0 Å². The van der Waals surface area contributed by atoms with Gasteiger partial charge in [-0.05, 0) is 41.2 Å². The van der Waals surface area contributed by atoms with Crippen LogP contribution in [0.15, 0.2) is 48.5 Å². The molecule has 1 N–H and O–H groups in total. The smallest absolute Gasteiger partial charge is 0.322 e. The molecule has 4 heteroatoms. The van der Waals surface area contributed by atoms with Crippen LogP contribution in [0.2, 0.25) is 0 Å². The van der Waals surface area contributed by atoms with Crippen molar-refractivity contribution in [3.05, 3.63) is 59.7 Å². The van der Waals surface area contributed by atoms with Crippen LogP contribution in [0.5, 0.6) is 5.75 Å². The fourth-order valence-electron chi connectivity index (χ4n) is 3.02. The maximum Gasteiger partial charge on any atom is 0.322 e. The van der Waals surface area contributed by atoms with Crippen LogP contribution in [0.25, 0.3) is 0 Å². The van der Waals surface area contributed by atoms with Gasteiger partial charge in [0.1, 0.15) is 12.4 Å². The molecule has 0 saturated heterocycles. The summed E-state index contributed by atoms with van der Waals surface area (Å²) < 4.78 is 5.72. The number of nitrogens with one attached hydrogen (secondary N) is 1. The van der Waals surface area contributed by atoms with Crippen molar-refractivity contribution in [1.82, 2.24) is 5.32 Å². The molecule has 1 aliphatic rings. The van der Waals surface area contributed by atoms with E-state index in [1.807, 2.05) is 30.3 Å². The number of ether oxygens (including phenoxy) is 1. The summed E-state index contributed by atoms with van der Waals surface area (Å²) in [5.74, 6) is 0.828. The number of carbonyl (C=O) groups is 1. The molecule has 0 radical (unpaired) electrons. The van der Waals surface area contributed by atoms with E-state index in [1.54, 1.807) is 4.90 Å². The second-order valence-electron chi connectivity index (χ2n) is 7.39. The second kappa shape index (κ2) is 7.18. The molecule has 0 atom stereocenters. The van der Waals surface area contributed by atoms with Crippen molar-refractivity contribution in [2.24, 2.45) is 0 Å². The number of amides is 2. The normalized spacial score (nSPS) is 13.5. The van der Waals surface area contributed by atoms with Gasteiger partial charge >= 0.3 is 6.03 Å². The average molecular weight is 338 g/mol. The summed E-state index contributed by atoms with van der Waals surface area (Å²) >= 11 is 0. The number of carbonyl (C=O) groups excluding carboxylic acids is 1. The standard InChI is InChI=1S/C21H26N2O2/c1-21(2,3)17-8-10-18(11-9-17)25-15-13-22-20(24)23-14-12-16-6-4-5-7-19(16)23/h4-11H,12-15H2,1-3H3,(H,22,24). The van der Waals surface area contributed by atoms with Crippen LogP contribution in [0.3, 0.4) is 0 Å². The van der Waals surface area contributed by atoms with E-state index in [2.05, 4.69) is 44.3 Å². The van der Waals surface area contributed by atoms with E-state index in [9.17, 15) is 4.79 Å². The molecule has 1 aliphatic heterocycles. The lowest BCUT2D eigenvalue weighted by molar-refractivity contribution is 0.242. The lowest BCUT2D eigenvalue weighted by Crippen LogP contribution is -2.40. The Morgan fingerprint density at radius 2 is 1.84 bits per heavy atom. The molecule has 2 aromatic carbocycles. The first-order chi connectivity index (χ1) is 11.9. The van der Waals surface area contributed by atoms with Crippen molar-refractivity contribution in [1.29, 1.82) is 0 Å². The molecule has 0 unspecified atom stereocenters. The minimum Gasteiger partial charge on any atom is -0.492 e. The van der Waals surface area contributed by atoms with E-state index in [-0.39, 0.29) is 11.4 Å². The van der Waals surface area contributed by atoms with Gasteiger partial charge in [-0.1, -0.05) is 51.1 Å². The van der Waals surface area contributed by atoms with E-state index in [1.165, 1.54) is 11.1 Å². The molecule has 0 aromatic heterocycles. The van der Waals surface area contributed by atoms with Crippen LogP contribution >= 0.6 is 0 Å². The van der Waals surface area contributed by atoms with Crippen molar-refractivity contribution < 1.29 is 9.53 Å². The minimum atomic E-state index is -0.0587. The van der Waals surface area contributed by atoms with E-state index < -0.39 is 0 Å². The maximum atomic E-state index is 12.3. The van der Waals surface area contributed by atoms with Gasteiger partial charge in [-0.25, -0.2) is 4.79 Å². The summed E-state index contributed by atoms with van der Waals surface area (Å²) in [5, 5.41) is 2.93. The number of benzene rings is 2. The zero-order valence-electron chi connectivity index (χ0n) is 15.2. The fourth-order valence-corrected chi connectivity index (χ4v) is 3.02. The number of hydrogen-bond donors (Lipinski definition) is 1. The molecule has 0 saturated carbocycles. The van der Waals surface area contributed by atoms with Gasteiger partial charge in [-0.3, -0.25) is 4.90 Å². The number of nitrogens with zero attached hydrogens (tertiary/aromatic N) is 1. The van der Waals surface area contributed by atoms with Crippen LogP contribution in [0, 0.1) is 0 Å². The molecular weight excluding hydrogens is 312 g/mol. The number of para-hydroxylation sites is 1. The molecule has 0 fully saturated rings. The van der Waals surface area contributed by atoms with Gasteiger partial charge in [-0.15, -0.1) is 0 Å². The van der Waals surface area contributed by atoms with E-state index >= 15 is 0 Å². The van der Waals surface area contributed by atoms with Crippen molar-refractivity contribution in [3.8, 4) is 5.75 Å². The van der Waals surface area contributed by atoms with Crippen LogP contribution < -0.4 is 15.0 Å². The van der Waals surface area contributed by atoms with Gasteiger partial charge in [-0.2, -0.15) is 0 Å². The molecule has 25 heavy (non-hydrogen) atoms. The van der Waals surface area contributed by atoms with Crippen molar-refractivity contribution in [2.75, 3.05) is 24.6 Å². The number of urea groups is 1. The number of anilines is 1. The van der Waals surface area contributed by atoms with Gasteiger partial charge in [0.05, 0.1) is 6.54 Å². The first kappa shape index (κ1) is 17.3. The molecule has 0 spiro atoms. The van der Waals surface area contributed by atoms with Crippen molar-refractivity contribution in [2.45, 2.75) is 32.6 Å². The lowest BCUT2D eigenvalue weighted by atomic mass is 9.87. The Morgan fingerprint density at radius 3 is 2.56 bits per heavy atom. The largest absolute Gasteiger partial charge is 0.492 e. The maximum absolute atomic E-state index is 12.3. The zero-order valence-corrected chi connectivity index (χ0v) is 15.2. The highest BCUT2D eigenvalue weighted by molar-refractivity contribution is 5.94. The van der Waals surface area contributed by atoms with Gasteiger partial charge in [0.15, 0.2) is 0 Å². The molecule has 1 heterocycles. The minimum absolute atomic E-state index is 0.0587. The highest BCUT2D eigenvalue weighted by atomic mass is 16.5. The monoisotopic (exact) mass is 338 g/mol. The molecule has 0 aliphatic carbocycles. The second-order valence-corrected chi connectivity index (χ2v) is 7.39. The van der Waals surface area contributed by atoms with Gasteiger partial charge < -0.3 is 10.1 Å². The van der Waals surface area contributed by atoms with Crippen LogP contribution in [-0.2, 0) is 11.8 Å². The van der Waals surface area contributed by atoms with Gasteiger partial charge in [0, 0.05) is 12.2 Å². The third-order valence-corrected chi connectivity index (χ3v) is 4.50. The lowest BCUT2D eigenvalue weighted by Gasteiger charge is -2.19. The van der Waals surface area contributed by atoms with Crippen LogP contribution in [0.4, 0.5) is 10.5 Å². The Kier molecular flexibility index (Phi) is 4.98. The Morgan fingerprint density at radius 1 is 1.12 bits per heavy atom. The highest BCUT2D eigenvalue weighted by Crippen LogP contribution is 2.27. The highest BCUT2D eigenvalue weighted by Gasteiger charge is 2.23. The first-order valence-electron chi connectivity index (χ1n) is 8.82. The Bertz CT molecular complexity index is 732. The summed E-state index contributed by atoms with van der Waals surface area (Å²) in [6.45, 7) is 8.24. The molecule has 3 rings (SSSR count). The zero-order chi connectivity index (χ0) is 17.9. The Balaban J connectivity index is 1.45. The predicted molar refractivity (Wildman–Crippen MR) is 102 cm³/mol. The molecule has 2 amide bonds. The third-order valence-electron chi connectivity index (χ3n) is 4.50. The quantitative estimate of drug-likeness (QED) is 0.852. The fraction of sp³-hybridized carbons (Fsp3) is 0.381. The molecule has 132 valence electrons. The van der Waals surface area contributed by atoms with E-state index in [0.717, 1.165) is 24.4 Å². The first-order valence-corrected chi connectivity index (χ1v) is 8.82. The van der Waals surface area contributed by atoms with E-state index in [4.69, 9.17) is 4.74 Å². The number of fused-ring (bicyclic) bond motifs is 1. The predicted octanol–water partition coefficient (Wildman–Crippen LogP) is 4.14. The van der Waals surface area contributed by atoms with Crippen LogP contribution in [-0.4, -0.2) is 25.7 Å². The Hall–Kier alpha value is -2.49. The average Bonchev–Trinajstić information content (AvgIpc) is 3.02. The summed E-state index contributed by atoms with van der Waals surface area (Å²) in [4.78, 5) is 14.1.